The van der Waals surface area contributed by atoms with E-state index in [1.54, 1.807) is 0 Å². The average molecular weight is 174 g/mol. The van der Waals surface area contributed by atoms with Crippen LogP contribution in [0.3, 0.4) is 0 Å². The molecule has 64 valence electrons. The van der Waals surface area contributed by atoms with E-state index in [1.807, 2.05) is 0 Å². The summed E-state index contributed by atoms with van der Waals surface area (Å²) in [4.78, 5) is 10.1. The Morgan fingerprint density at radius 3 is 2.42 bits per heavy atom. The van der Waals surface area contributed by atoms with Crippen molar-refractivity contribution in [2.75, 3.05) is 0 Å². The first-order valence-electron chi connectivity index (χ1n) is 3.18. The number of alkyl halides is 1. The van der Waals surface area contributed by atoms with Crippen molar-refractivity contribution in [1.29, 1.82) is 0 Å². The van der Waals surface area contributed by atoms with Gasteiger partial charge in [0.05, 0.1) is 5.56 Å². The SMILES string of the molecule is O=Cc1cc(CF)c(F)cc1F. The third-order valence-electron chi connectivity index (χ3n) is 1.44. The maximum absolute atomic E-state index is 12.6. The quantitative estimate of drug-likeness (QED) is 0.628. The third kappa shape index (κ3) is 1.47. The van der Waals surface area contributed by atoms with Crippen molar-refractivity contribution >= 4 is 6.29 Å². The summed E-state index contributed by atoms with van der Waals surface area (Å²) in [6.07, 6.45) is 0.216. The van der Waals surface area contributed by atoms with Crippen LogP contribution in [-0.2, 0) is 6.67 Å². The van der Waals surface area contributed by atoms with E-state index in [4.69, 9.17) is 0 Å². The fourth-order valence-electron chi connectivity index (χ4n) is 0.806. The second-order valence-corrected chi connectivity index (χ2v) is 2.22. The Morgan fingerprint density at radius 1 is 1.25 bits per heavy atom. The zero-order valence-electron chi connectivity index (χ0n) is 5.98. The van der Waals surface area contributed by atoms with Crippen molar-refractivity contribution in [2.24, 2.45) is 0 Å². The molecule has 0 saturated carbocycles. The predicted octanol–water partition coefficient (Wildman–Crippen LogP) is 2.25. The van der Waals surface area contributed by atoms with Crippen LogP contribution in [0, 0.1) is 11.6 Å². The fourth-order valence-corrected chi connectivity index (χ4v) is 0.806. The number of hydrogen-bond donors (Lipinski definition) is 0. The van der Waals surface area contributed by atoms with Gasteiger partial charge in [0.15, 0.2) is 6.29 Å². The topological polar surface area (TPSA) is 17.1 Å². The summed E-state index contributed by atoms with van der Waals surface area (Å²) in [5, 5.41) is 0. The number of benzene rings is 1. The number of rotatable bonds is 2. The lowest BCUT2D eigenvalue weighted by atomic mass is 10.1. The molecule has 0 heterocycles. The molecule has 0 N–H and O–H groups in total. The first-order chi connectivity index (χ1) is 5.69. The van der Waals surface area contributed by atoms with E-state index in [2.05, 4.69) is 0 Å². The molecule has 0 aliphatic heterocycles. The van der Waals surface area contributed by atoms with E-state index in [0.717, 1.165) is 6.07 Å². The number of carbonyl (C=O) groups excluding carboxylic acids is 1. The molecule has 0 bridgehead atoms. The first kappa shape index (κ1) is 8.77. The van der Waals surface area contributed by atoms with Gasteiger partial charge in [0, 0.05) is 11.6 Å². The van der Waals surface area contributed by atoms with Gasteiger partial charge < -0.3 is 0 Å². The Morgan fingerprint density at radius 2 is 1.92 bits per heavy atom. The summed E-state index contributed by atoms with van der Waals surface area (Å²) in [6.45, 7) is -1.05. The van der Waals surface area contributed by atoms with Crippen LogP contribution >= 0.6 is 0 Å². The Hall–Kier alpha value is -1.32. The van der Waals surface area contributed by atoms with E-state index < -0.39 is 18.3 Å². The van der Waals surface area contributed by atoms with Gasteiger partial charge in [-0.25, -0.2) is 13.2 Å². The van der Waals surface area contributed by atoms with Crippen molar-refractivity contribution in [3.63, 3.8) is 0 Å². The Labute approximate surface area is 66.8 Å². The summed E-state index contributed by atoms with van der Waals surface area (Å²) in [5.74, 6) is -1.94. The molecular weight excluding hydrogens is 169 g/mol. The number of aldehydes is 1. The molecule has 0 spiro atoms. The normalized spacial score (nSPS) is 9.92. The Kier molecular flexibility index (Phi) is 2.47. The van der Waals surface area contributed by atoms with Crippen molar-refractivity contribution in [1.82, 2.24) is 0 Å². The highest BCUT2D eigenvalue weighted by molar-refractivity contribution is 5.75. The van der Waals surface area contributed by atoms with Crippen LogP contribution in [-0.4, -0.2) is 6.29 Å². The molecule has 4 heteroatoms. The highest BCUT2D eigenvalue weighted by Gasteiger charge is 2.08. The lowest BCUT2D eigenvalue weighted by molar-refractivity contribution is 0.111. The molecule has 12 heavy (non-hydrogen) atoms. The van der Waals surface area contributed by atoms with Crippen LogP contribution in [0.1, 0.15) is 15.9 Å². The lowest BCUT2D eigenvalue weighted by Gasteiger charge is -1.99. The highest BCUT2D eigenvalue weighted by Crippen LogP contribution is 2.14. The van der Waals surface area contributed by atoms with Gasteiger partial charge in [-0.05, 0) is 6.07 Å². The van der Waals surface area contributed by atoms with Gasteiger partial charge in [0.2, 0.25) is 0 Å². The molecule has 0 unspecified atom stereocenters. The molecule has 0 radical (unpaired) electrons. The molecule has 1 rings (SSSR count). The molecule has 0 atom stereocenters. The summed E-state index contributed by atoms with van der Waals surface area (Å²) in [5.41, 5.74) is -0.637. The van der Waals surface area contributed by atoms with Crippen molar-refractivity contribution in [3.05, 3.63) is 34.9 Å². The van der Waals surface area contributed by atoms with Crippen molar-refractivity contribution < 1.29 is 18.0 Å². The second kappa shape index (κ2) is 3.38. The fraction of sp³-hybridized carbons (Fsp3) is 0.125. The second-order valence-electron chi connectivity index (χ2n) is 2.22. The van der Waals surface area contributed by atoms with Crippen LogP contribution < -0.4 is 0 Å². The first-order valence-corrected chi connectivity index (χ1v) is 3.18. The highest BCUT2D eigenvalue weighted by atomic mass is 19.1. The van der Waals surface area contributed by atoms with E-state index in [1.165, 1.54) is 0 Å². The molecule has 0 aliphatic carbocycles. The molecule has 0 amide bonds. The van der Waals surface area contributed by atoms with Gasteiger partial charge in [-0.1, -0.05) is 0 Å². The van der Waals surface area contributed by atoms with Crippen molar-refractivity contribution in [3.8, 4) is 0 Å². The molecular formula is C8H5F3O. The largest absolute Gasteiger partial charge is 0.298 e. The van der Waals surface area contributed by atoms with Gasteiger partial charge in [-0.3, -0.25) is 4.79 Å². The van der Waals surface area contributed by atoms with Crippen LogP contribution in [0.2, 0.25) is 0 Å². The molecule has 1 aromatic rings. The zero-order chi connectivity index (χ0) is 9.14. The van der Waals surface area contributed by atoms with E-state index in [0.29, 0.717) is 6.07 Å². The minimum absolute atomic E-state index is 0.216. The number of halogens is 3. The van der Waals surface area contributed by atoms with Gasteiger partial charge in [-0.2, -0.15) is 0 Å². The Balaban J connectivity index is 3.26. The van der Waals surface area contributed by atoms with Gasteiger partial charge in [-0.15, -0.1) is 0 Å². The summed E-state index contributed by atoms with van der Waals surface area (Å²) in [7, 11) is 0. The summed E-state index contributed by atoms with van der Waals surface area (Å²) < 4.78 is 37.1. The van der Waals surface area contributed by atoms with Gasteiger partial charge in [0.25, 0.3) is 0 Å². The van der Waals surface area contributed by atoms with Crippen LogP contribution in [0.15, 0.2) is 12.1 Å². The average Bonchev–Trinajstić information content (AvgIpc) is 2.05. The van der Waals surface area contributed by atoms with Crippen LogP contribution in [0.25, 0.3) is 0 Å². The standard InChI is InChI=1S/C8H5F3O/c9-3-5-1-6(4-12)8(11)2-7(5)10/h1-2,4H,3H2. The smallest absolute Gasteiger partial charge is 0.153 e. The summed E-state index contributed by atoms with van der Waals surface area (Å²) >= 11 is 0. The van der Waals surface area contributed by atoms with Gasteiger partial charge in [0.1, 0.15) is 18.3 Å². The maximum atomic E-state index is 12.6. The molecule has 0 aliphatic rings. The maximum Gasteiger partial charge on any atom is 0.153 e. The van der Waals surface area contributed by atoms with Crippen LogP contribution in [0.4, 0.5) is 13.2 Å². The molecule has 1 aromatic carbocycles. The molecule has 1 nitrogen and oxygen atoms in total. The van der Waals surface area contributed by atoms with Gasteiger partial charge >= 0.3 is 0 Å². The molecule has 0 fully saturated rings. The third-order valence-corrected chi connectivity index (χ3v) is 1.44. The molecule has 0 saturated heterocycles. The Bertz CT molecular complexity index is 309. The van der Waals surface area contributed by atoms with Crippen LogP contribution in [0.5, 0.6) is 0 Å². The summed E-state index contributed by atoms with van der Waals surface area (Å²) in [6, 6.07) is 1.36. The van der Waals surface area contributed by atoms with E-state index >= 15 is 0 Å². The zero-order valence-corrected chi connectivity index (χ0v) is 5.98. The number of hydrogen-bond acceptors (Lipinski definition) is 1. The number of carbonyl (C=O) groups is 1. The van der Waals surface area contributed by atoms with E-state index in [9.17, 15) is 18.0 Å². The minimum atomic E-state index is -1.05. The van der Waals surface area contributed by atoms with Crippen molar-refractivity contribution in [2.45, 2.75) is 6.67 Å². The van der Waals surface area contributed by atoms with E-state index in [-0.39, 0.29) is 17.4 Å². The monoisotopic (exact) mass is 174 g/mol. The predicted molar refractivity (Wildman–Crippen MR) is 36.6 cm³/mol. The molecule has 0 aromatic heterocycles. The lowest BCUT2D eigenvalue weighted by Crippen LogP contribution is -1.94. The minimum Gasteiger partial charge on any atom is -0.298 e.